The number of Topliss-reactive ketones (excluding diaryl/α,β-unsaturated/α-hetero) is 2. The number of phenolic OH excluding ortho intramolecular Hbond substituents is 1. The molecule has 1 aromatic rings. The molecule has 182 valence electrons. The number of carbonyl (C=O) groups excluding carboxylic acids is 3. The largest absolute Gasteiger partial charge is 0.508 e. The van der Waals surface area contributed by atoms with Crippen LogP contribution in [0.5, 0.6) is 5.75 Å². The lowest BCUT2D eigenvalue weighted by atomic mass is 9.57. The van der Waals surface area contributed by atoms with Gasteiger partial charge in [-0.2, -0.15) is 0 Å². The second-order valence-corrected chi connectivity index (χ2v) is 9.81. The summed E-state index contributed by atoms with van der Waals surface area (Å²) in [4.78, 5) is 42.1. The van der Waals surface area contributed by atoms with Crippen LogP contribution in [0.25, 0.3) is 5.76 Å². The van der Waals surface area contributed by atoms with E-state index in [0.29, 0.717) is 17.7 Å². The Kier molecular flexibility index (Phi) is 5.58. The highest BCUT2D eigenvalue weighted by Gasteiger charge is 2.64. The van der Waals surface area contributed by atoms with Gasteiger partial charge in [0.25, 0.3) is 5.91 Å². The van der Waals surface area contributed by atoms with Crippen molar-refractivity contribution in [2.45, 2.75) is 31.0 Å². The highest BCUT2D eigenvalue weighted by atomic mass is 16.3. The Morgan fingerprint density at radius 1 is 1.15 bits per heavy atom. The molecule has 1 saturated carbocycles. The number of likely N-dealkylation sites (N-methyl/N-ethyl adjacent to an activating group) is 1. The quantitative estimate of drug-likeness (QED) is 0.381. The molecule has 1 amide bonds. The van der Waals surface area contributed by atoms with Crippen LogP contribution in [-0.4, -0.2) is 87.5 Å². The van der Waals surface area contributed by atoms with E-state index in [1.807, 2.05) is 19.0 Å². The molecule has 0 spiro atoms. The van der Waals surface area contributed by atoms with Crippen LogP contribution in [0.3, 0.4) is 0 Å². The lowest BCUT2D eigenvalue weighted by molar-refractivity contribution is -0.153. The third-order valence-corrected chi connectivity index (χ3v) is 7.16. The Bertz CT molecular complexity index is 1180. The Hall–Kier alpha value is -3.21. The molecule has 0 unspecified atom stereocenters. The Morgan fingerprint density at radius 2 is 1.79 bits per heavy atom. The minimum atomic E-state index is -2.62. The van der Waals surface area contributed by atoms with E-state index in [2.05, 4.69) is 0 Å². The van der Waals surface area contributed by atoms with Crippen molar-refractivity contribution in [3.05, 3.63) is 45.7 Å². The SMILES string of the molecule is CN(C)Cc1ccc2c(c1O)C(O)=C1C(=O)[C@]3(O)C(O)=C(C(N)=O)C(=O)[C@@H](N(C)C)[C@@H]3C[C@@H]1C2. The molecule has 1 aromatic carbocycles. The van der Waals surface area contributed by atoms with Crippen LogP contribution >= 0.6 is 0 Å². The molecular weight excluding hydrogens is 442 g/mol. The molecule has 34 heavy (non-hydrogen) atoms. The topological polar surface area (TPSA) is 165 Å². The van der Waals surface area contributed by atoms with Crippen molar-refractivity contribution >= 4 is 23.2 Å². The van der Waals surface area contributed by atoms with Crippen molar-refractivity contribution in [2.24, 2.45) is 17.6 Å². The number of benzene rings is 1. The lowest BCUT2D eigenvalue weighted by Crippen LogP contribution is -2.65. The smallest absolute Gasteiger partial charge is 0.255 e. The molecule has 3 aliphatic rings. The van der Waals surface area contributed by atoms with E-state index in [9.17, 15) is 34.8 Å². The van der Waals surface area contributed by atoms with Gasteiger partial charge in [-0.05, 0) is 52.5 Å². The fourth-order valence-electron chi connectivity index (χ4n) is 5.73. The first kappa shape index (κ1) is 23.9. The van der Waals surface area contributed by atoms with E-state index in [4.69, 9.17) is 5.73 Å². The summed E-state index contributed by atoms with van der Waals surface area (Å²) in [6.07, 6.45) is 0.357. The molecule has 3 aliphatic carbocycles. The third kappa shape index (κ3) is 3.17. The highest BCUT2D eigenvalue weighted by molar-refractivity contribution is 6.24. The number of aliphatic hydroxyl groups excluding tert-OH is 2. The van der Waals surface area contributed by atoms with Gasteiger partial charge in [0, 0.05) is 23.6 Å². The first-order valence-corrected chi connectivity index (χ1v) is 11.0. The number of rotatable bonds is 4. The van der Waals surface area contributed by atoms with Gasteiger partial charge in [-0.3, -0.25) is 19.3 Å². The third-order valence-electron chi connectivity index (χ3n) is 7.16. The molecule has 4 rings (SSSR count). The molecule has 6 N–H and O–H groups in total. The zero-order chi connectivity index (χ0) is 25.3. The Morgan fingerprint density at radius 3 is 2.35 bits per heavy atom. The molecule has 10 nitrogen and oxygen atoms in total. The molecule has 0 saturated heterocycles. The van der Waals surface area contributed by atoms with Crippen LogP contribution < -0.4 is 5.73 Å². The number of hydrogen-bond donors (Lipinski definition) is 5. The lowest BCUT2D eigenvalue weighted by Gasteiger charge is -2.50. The molecule has 0 aromatic heterocycles. The summed E-state index contributed by atoms with van der Waals surface area (Å²) in [6.45, 7) is 0.392. The summed E-state index contributed by atoms with van der Waals surface area (Å²) in [7, 11) is 6.78. The van der Waals surface area contributed by atoms with Crippen molar-refractivity contribution in [1.29, 1.82) is 0 Å². The maximum Gasteiger partial charge on any atom is 0.255 e. The van der Waals surface area contributed by atoms with Crippen molar-refractivity contribution in [1.82, 2.24) is 9.80 Å². The van der Waals surface area contributed by atoms with Crippen LogP contribution in [0.4, 0.5) is 0 Å². The summed E-state index contributed by atoms with van der Waals surface area (Å²) in [5.74, 6) is -6.41. The molecule has 0 bridgehead atoms. The first-order chi connectivity index (χ1) is 15.8. The average molecular weight is 472 g/mol. The fourth-order valence-corrected chi connectivity index (χ4v) is 5.73. The highest BCUT2D eigenvalue weighted by Crippen LogP contribution is 2.52. The van der Waals surface area contributed by atoms with Gasteiger partial charge in [-0.25, -0.2) is 0 Å². The summed E-state index contributed by atoms with van der Waals surface area (Å²) in [6, 6.07) is 2.45. The Balaban J connectivity index is 1.93. The van der Waals surface area contributed by atoms with Crippen LogP contribution in [0, 0.1) is 11.8 Å². The van der Waals surface area contributed by atoms with Gasteiger partial charge in [0.15, 0.2) is 11.4 Å². The van der Waals surface area contributed by atoms with Gasteiger partial charge in [-0.15, -0.1) is 0 Å². The normalized spacial score (nSPS) is 28.9. The van der Waals surface area contributed by atoms with Gasteiger partial charge >= 0.3 is 0 Å². The van der Waals surface area contributed by atoms with Gasteiger partial charge in [-0.1, -0.05) is 12.1 Å². The van der Waals surface area contributed by atoms with E-state index >= 15 is 0 Å². The van der Waals surface area contributed by atoms with E-state index in [-0.39, 0.29) is 29.7 Å². The van der Waals surface area contributed by atoms with Crippen LogP contribution in [0.15, 0.2) is 29.0 Å². The number of amides is 1. The number of nitrogens with two attached hydrogens (primary N) is 1. The molecule has 0 aliphatic heterocycles. The zero-order valence-corrected chi connectivity index (χ0v) is 19.5. The monoisotopic (exact) mass is 471 g/mol. The van der Waals surface area contributed by atoms with E-state index in [0.717, 1.165) is 0 Å². The van der Waals surface area contributed by atoms with Crippen molar-refractivity contribution < 1.29 is 34.8 Å². The van der Waals surface area contributed by atoms with Gasteiger partial charge in [0.1, 0.15) is 22.8 Å². The number of hydrogen-bond acceptors (Lipinski definition) is 9. The molecular formula is C24H29N3O7. The fraction of sp³-hybridized carbons (Fsp3) is 0.458. The molecule has 0 radical (unpaired) electrons. The second kappa shape index (κ2) is 7.93. The van der Waals surface area contributed by atoms with Crippen molar-refractivity contribution in [3.63, 3.8) is 0 Å². The van der Waals surface area contributed by atoms with Crippen LogP contribution in [0.1, 0.15) is 23.1 Å². The van der Waals surface area contributed by atoms with Gasteiger partial charge in [0.05, 0.1) is 11.6 Å². The zero-order valence-electron chi connectivity index (χ0n) is 19.5. The number of carbonyl (C=O) groups is 3. The summed E-state index contributed by atoms with van der Waals surface area (Å²) >= 11 is 0. The Labute approximate surface area is 196 Å². The van der Waals surface area contributed by atoms with E-state index in [1.165, 1.54) is 4.90 Å². The number of aromatic hydroxyl groups is 1. The minimum Gasteiger partial charge on any atom is -0.508 e. The maximum atomic E-state index is 13.7. The van der Waals surface area contributed by atoms with Crippen molar-refractivity contribution in [3.8, 4) is 5.75 Å². The second-order valence-electron chi connectivity index (χ2n) is 9.81. The van der Waals surface area contributed by atoms with E-state index < -0.39 is 58.0 Å². The van der Waals surface area contributed by atoms with Crippen LogP contribution in [-0.2, 0) is 27.3 Å². The maximum absolute atomic E-state index is 13.7. The van der Waals surface area contributed by atoms with Crippen LogP contribution in [0.2, 0.25) is 0 Å². The predicted octanol–water partition coefficient (Wildman–Crippen LogP) is 0.0256. The number of primary amides is 1. The summed E-state index contributed by atoms with van der Waals surface area (Å²) in [5.41, 5.74) is 3.01. The molecule has 0 heterocycles. The van der Waals surface area contributed by atoms with Gasteiger partial charge in [0.2, 0.25) is 5.78 Å². The number of ketones is 2. The van der Waals surface area contributed by atoms with Crippen molar-refractivity contribution in [2.75, 3.05) is 28.2 Å². The minimum absolute atomic E-state index is 0.0754. The number of phenols is 1. The summed E-state index contributed by atoms with van der Waals surface area (Å²) in [5, 5.41) is 44.4. The number of nitrogens with zero attached hydrogens (tertiary/aromatic N) is 2. The number of fused-ring (bicyclic) bond motifs is 3. The summed E-state index contributed by atoms with van der Waals surface area (Å²) < 4.78 is 0. The number of aliphatic hydroxyl groups is 3. The molecule has 10 heteroatoms. The molecule has 1 fully saturated rings. The van der Waals surface area contributed by atoms with Gasteiger partial charge < -0.3 is 31.1 Å². The standard InChI is InChI=1S/C24H29N3O7/c1-26(2)9-11-6-5-10-7-12-8-13-17(27(3)4)20(30)16(23(25)33)22(32)24(13,34)21(31)15(12)19(29)14(10)18(11)28/h5-6,12-13,17,28-29,32,34H,7-9H2,1-4H3,(H2,25,33)/t12-,13-,17-,24-/m0/s1. The predicted molar refractivity (Wildman–Crippen MR) is 122 cm³/mol. The van der Waals surface area contributed by atoms with E-state index in [1.54, 1.807) is 26.2 Å². The first-order valence-electron chi connectivity index (χ1n) is 11.0. The average Bonchev–Trinajstić information content (AvgIpc) is 2.72. The molecule has 4 atom stereocenters.